The normalized spacial score (nSPS) is 29.6. The standard InChI is InChI=1S/C17H24N4O4/c1-19-13(4-6-18-19)16(22)20-8-5-12-10-14(25-15(12)11-20)17(23)21-7-2-3-9-24-21/h4,6,12,14-15H,2-3,5,7-11H2,1H3/t12-,14-,15+/m0/s1. The maximum atomic E-state index is 12.6. The van der Waals surface area contributed by atoms with Gasteiger partial charge in [0.2, 0.25) is 0 Å². The van der Waals surface area contributed by atoms with Crippen molar-refractivity contribution in [2.24, 2.45) is 13.0 Å². The molecule has 0 unspecified atom stereocenters. The number of rotatable bonds is 2. The van der Waals surface area contributed by atoms with Gasteiger partial charge in [-0.25, -0.2) is 5.06 Å². The number of aryl methyl sites for hydroxylation is 1. The van der Waals surface area contributed by atoms with Gasteiger partial charge in [-0.15, -0.1) is 0 Å². The first kappa shape index (κ1) is 16.5. The number of nitrogens with zero attached hydrogens (tertiary/aromatic N) is 4. The number of likely N-dealkylation sites (tertiary alicyclic amines) is 1. The summed E-state index contributed by atoms with van der Waals surface area (Å²) in [6.07, 6.45) is 4.64. The molecule has 1 aromatic rings. The van der Waals surface area contributed by atoms with E-state index in [1.807, 2.05) is 4.90 Å². The lowest BCUT2D eigenvalue weighted by molar-refractivity contribution is -0.206. The van der Waals surface area contributed by atoms with E-state index in [0.717, 1.165) is 25.7 Å². The molecule has 3 aliphatic rings. The molecule has 1 aromatic heterocycles. The topological polar surface area (TPSA) is 76.9 Å². The Kier molecular flexibility index (Phi) is 4.47. The van der Waals surface area contributed by atoms with Gasteiger partial charge in [0.05, 0.1) is 12.7 Å². The lowest BCUT2D eigenvalue weighted by atomic mass is 9.91. The molecule has 3 fully saturated rings. The summed E-state index contributed by atoms with van der Waals surface area (Å²) in [5.41, 5.74) is 0.575. The molecule has 0 saturated carbocycles. The van der Waals surface area contributed by atoms with Crippen molar-refractivity contribution in [2.75, 3.05) is 26.2 Å². The summed E-state index contributed by atoms with van der Waals surface area (Å²) in [7, 11) is 1.76. The number of ether oxygens (including phenoxy) is 1. The predicted molar refractivity (Wildman–Crippen MR) is 87.4 cm³/mol. The van der Waals surface area contributed by atoms with Crippen LogP contribution in [0.3, 0.4) is 0 Å². The van der Waals surface area contributed by atoms with Crippen LogP contribution in [-0.4, -0.2) is 70.0 Å². The summed E-state index contributed by atoms with van der Waals surface area (Å²) in [5, 5.41) is 5.52. The van der Waals surface area contributed by atoms with Gasteiger partial charge in [0.15, 0.2) is 0 Å². The van der Waals surface area contributed by atoms with E-state index in [-0.39, 0.29) is 17.9 Å². The first-order valence-corrected chi connectivity index (χ1v) is 9.00. The van der Waals surface area contributed by atoms with Crippen LogP contribution in [0.25, 0.3) is 0 Å². The molecule has 2 amide bonds. The second kappa shape index (κ2) is 6.76. The van der Waals surface area contributed by atoms with Crippen LogP contribution in [0.1, 0.15) is 36.2 Å². The van der Waals surface area contributed by atoms with E-state index in [4.69, 9.17) is 9.57 Å². The van der Waals surface area contributed by atoms with Gasteiger partial charge in [0.1, 0.15) is 11.8 Å². The molecule has 0 aromatic carbocycles. The molecule has 8 heteroatoms. The first-order valence-electron chi connectivity index (χ1n) is 9.00. The Morgan fingerprint density at radius 2 is 2.16 bits per heavy atom. The lowest BCUT2D eigenvalue weighted by Crippen LogP contribution is -2.46. The van der Waals surface area contributed by atoms with Gasteiger partial charge >= 0.3 is 0 Å². The van der Waals surface area contributed by atoms with Crippen molar-refractivity contribution in [3.63, 3.8) is 0 Å². The lowest BCUT2D eigenvalue weighted by Gasteiger charge is -2.34. The maximum absolute atomic E-state index is 12.6. The van der Waals surface area contributed by atoms with Crippen LogP contribution in [0.4, 0.5) is 0 Å². The zero-order chi connectivity index (χ0) is 17.4. The second-order valence-corrected chi connectivity index (χ2v) is 7.02. The fraction of sp³-hybridized carbons (Fsp3) is 0.706. The number of hydrogen-bond acceptors (Lipinski definition) is 5. The molecule has 3 aliphatic heterocycles. The van der Waals surface area contributed by atoms with Crippen LogP contribution in [0, 0.1) is 5.92 Å². The van der Waals surface area contributed by atoms with Crippen molar-refractivity contribution < 1.29 is 19.2 Å². The maximum Gasteiger partial charge on any atom is 0.275 e. The van der Waals surface area contributed by atoms with Crippen LogP contribution in [0.5, 0.6) is 0 Å². The third-order valence-electron chi connectivity index (χ3n) is 5.40. The molecule has 0 radical (unpaired) electrons. The van der Waals surface area contributed by atoms with E-state index in [1.54, 1.807) is 24.0 Å². The molecule has 4 heterocycles. The smallest absolute Gasteiger partial charge is 0.275 e. The van der Waals surface area contributed by atoms with Gasteiger partial charge in [-0.2, -0.15) is 5.10 Å². The number of carbonyl (C=O) groups is 2. The van der Waals surface area contributed by atoms with E-state index in [9.17, 15) is 9.59 Å². The molecule has 3 atom stereocenters. The Hall–Kier alpha value is -1.93. The SMILES string of the molecule is Cn1nccc1C(=O)N1CC[C@H]2C[C@@H](C(=O)N3CCCCO3)O[C@@H]2C1. The molecule has 25 heavy (non-hydrogen) atoms. The Morgan fingerprint density at radius 3 is 2.88 bits per heavy atom. The number of aromatic nitrogens is 2. The summed E-state index contributed by atoms with van der Waals surface area (Å²) in [6.45, 7) is 2.45. The number of carbonyl (C=O) groups excluding carboxylic acids is 2. The van der Waals surface area contributed by atoms with Crippen LogP contribution < -0.4 is 0 Å². The summed E-state index contributed by atoms with van der Waals surface area (Å²) >= 11 is 0. The van der Waals surface area contributed by atoms with Gasteiger partial charge in [-0.3, -0.25) is 19.1 Å². The van der Waals surface area contributed by atoms with Crippen LogP contribution in [0.15, 0.2) is 12.3 Å². The molecule has 8 nitrogen and oxygen atoms in total. The van der Waals surface area contributed by atoms with Crippen LogP contribution in [0.2, 0.25) is 0 Å². The van der Waals surface area contributed by atoms with Crippen molar-refractivity contribution in [1.82, 2.24) is 19.7 Å². The quantitative estimate of drug-likeness (QED) is 0.782. The van der Waals surface area contributed by atoms with Gasteiger partial charge in [-0.1, -0.05) is 0 Å². The number of hydrogen-bond donors (Lipinski definition) is 0. The second-order valence-electron chi connectivity index (χ2n) is 7.02. The van der Waals surface area contributed by atoms with E-state index < -0.39 is 6.10 Å². The zero-order valence-corrected chi connectivity index (χ0v) is 14.5. The van der Waals surface area contributed by atoms with E-state index >= 15 is 0 Å². The number of hydroxylamine groups is 2. The van der Waals surface area contributed by atoms with Crippen LogP contribution in [-0.2, 0) is 21.4 Å². The molecular formula is C17H24N4O4. The molecule has 136 valence electrons. The number of piperidine rings is 1. The van der Waals surface area contributed by atoms with E-state index in [1.165, 1.54) is 5.06 Å². The summed E-state index contributed by atoms with van der Waals surface area (Å²) in [5.74, 6) is 0.226. The monoisotopic (exact) mass is 348 g/mol. The van der Waals surface area contributed by atoms with Crippen LogP contribution >= 0.6 is 0 Å². The fourth-order valence-corrected chi connectivity index (χ4v) is 3.95. The Bertz CT molecular complexity index is 655. The summed E-state index contributed by atoms with van der Waals surface area (Å²) < 4.78 is 7.61. The molecular weight excluding hydrogens is 324 g/mol. The molecule has 0 N–H and O–H groups in total. The molecule has 4 rings (SSSR count). The van der Waals surface area contributed by atoms with E-state index in [2.05, 4.69) is 5.10 Å². The van der Waals surface area contributed by atoms with Gasteiger partial charge in [0.25, 0.3) is 11.8 Å². The Balaban J connectivity index is 1.38. The number of amides is 2. The summed E-state index contributed by atoms with van der Waals surface area (Å²) in [6, 6.07) is 1.73. The van der Waals surface area contributed by atoms with Crippen molar-refractivity contribution in [3.8, 4) is 0 Å². The van der Waals surface area contributed by atoms with E-state index in [0.29, 0.717) is 37.9 Å². The third kappa shape index (κ3) is 3.16. The van der Waals surface area contributed by atoms with Gasteiger partial charge in [-0.05, 0) is 37.7 Å². The Labute approximate surface area is 146 Å². The minimum Gasteiger partial charge on any atom is -0.363 e. The Morgan fingerprint density at radius 1 is 1.28 bits per heavy atom. The largest absolute Gasteiger partial charge is 0.363 e. The first-order chi connectivity index (χ1) is 12.1. The third-order valence-corrected chi connectivity index (χ3v) is 5.40. The minimum atomic E-state index is -0.445. The molecule has 0 spiro atoms. The average molecular weight is 348 g/mol. The average Bonchev–Trinajstić information content (AvgIpc) is 3.26. The van der Waals surface area contributed by atoms with Crippen molar-refractivity contribution in [2.45, 2.75) is 37.9 Å². The van der Waals surface area contributed by atoms with Gasteiger partial charge in [0, 0.05) is 32.9 Å². The van der Waals surface area contributed by atoms with Crippen molar-refractivity contribution >= 4 is 11.8 Å². The van der Waals surface area contributed by atoms with Gasteiger partial charge < -0.3 is 9.64 Å². The highest BCUT2D eigenvalue weighted by molar-refractivity contribution is 5.92. The summed E-state index contributed by atoms with van der Waals surface area (Å²) in [4.78, 5) is 32.5. The molecule has 0 bridgehead atoms. The highest BCUT2D eigenvalue weighted by Crippen LogP contribution is 2.34. The molecule has 0 aliphatic carbocycles. The molecule has 3 saturated heterocycles. The fourth-order valence-electron chi connectivity index (χ4n) is 3.95. The highest BCUT2D eigenvalue weighted by Gasteiger charge is 2.44. The number of fused-ring (bicyclic) bond motifs is 1. The zero-order valence-electron chi connectivity index (χ0n) is 14.5. The van der Waals surface area contributed by atoms with Crippen molar-refractivity contribution in [1.29, 1.82) is 0 Å². The predicted octanol–water partition coefficient (Wildman–Crippen LogP) is 0.594. The minimum absolute atomic E-state index is 0.0313. The van der Waals surface area contributed by atoms with Crippen molar-refractivity contribution in [3.05, 3.63) is 18.0 Å². The highest BCUT2D eigenvalue weighted by atomic mass is 16.7.